The minimum absolute atomic E-state index is 0.0856. The predicted molar refractivity (Wildman–Crippen MR) is 76.7 cm³/mol. The van der Waals surface area contributed by atoms with Gasteiger partial charge in [0.1, 0.15) is 0 Å². The van der Waals surface area contributed by atoms with Crippen LogP contribution in [-0.2, 0) is 9.59 Å². The Hall–Kier alpha value is -1.14. The van der Waals surface area contributed by atoms with Crippen molar-refractivity contribution in [2.24, 2.45) is 17.4 Å². The van der Waals surface area contributed by atoms with E-state index in [0.717, 1.165) is 51.6 Å². The summed E-state index contributed by atoms with van der Waals surface area (Å²) in [5, 5.41) is 3.15. The smallest absolute Gasteiger partial charge is 0.231 e. The van der Waals surface area contributed by atoms with Crippen molar-refractivity contribution in [1.82, 2.24) is 10.2 Å². The third kappa shape index (κ3) is 4.45. The van der Waals surface area contributed by atoms with Gasteiger partial charge >= 0.3 is 0 Å². The lowest BCUT2D eigenvalue weighted by Crippen LogP contribution is -2.48. The zero-order valence-corrected chi connectivity index (χ0v) is 12.0. The molecule has 2 fully saturated rings. The minimum atomic E-state index is -0.288. The first-order chi connectivity index (χ1) is 9.54. The van der Waals surface area contributed by atoms with Crippen molar-refractivity contribution in [3.8, 4) is 0 Å². The van der Waals surface area contributed by atoms with Gasteiger partial charge in [-0.3, -0.25) is 14.5 Å². The maximum Gasteiger partial charge on any atom is 0.231 e. The van der Waals surface area contributed by atoms with E-state index in [0.29, 0.717) is 6.54 Å². The Morgan fingerprint density at radius 3 is 2.45 bits per heavy atom. The van der Waals surface area contributed by atoms with Crippen molar-refractivity contribution in [1.29, 1.82) is 0 Å². The van der Waals surface area contributed by atoms with Crippen LogP contribution in [0.25, 0.3) is 0 Å². The molecule has 2 rings (SSSR count). The van der Waals surface area contributed by atoms with Gasteiger partial charge in [-0.2, -0.15) is 0 Å². The Bertz CT molecular complexity index is 353. The fourth-order valence-electron chi connectivity index (χ4n) is 3.24. The third-order valence-corrected chi connectivity index (χ3v) is 4.40. The highest BCUT2D eigenvalue weighted by atomic mass is 16.2. The molecule has 6 nitrogen and oxygen atoms in total. The van der Waals surface area contributed by atoms with Gasteiger partial charge in [-0.05, 0) is 32.1 Å². The number of nitrogens with zero attached hydrogens (tertiary/aromatic N) is 1. The van der Waals surface area contributed by atoms with Crippen LogP contribution in [-0.4, -0.2) is 48.4 Å². The Kier molecular flexibility index (Phi) is 5.37. The molecule has 2 amide bonds. The molecule has 2 atom stereocenters. The van der Waals surface area contributed by atoms with Gasteiger partial charge in [0.2, 0.25) is 11.8 Å². The normalized spacial score (nSPS) is 29.1. The molecule has 1 heterocycles. The average Bonchev–Trinajstić information content (AvgIpc) is 2.40. The second-order valence-corrected chi connectivity index (χ2v) is 6.15. The molecular formula is C14H26N4O2. The molecule has 2 aliphatic rings. The molecule has 0 aromatic carbocycles. The van der Waals surface area contributed by atoms with Crippen molar-refractivity contribution in [2.45, 2.75) is 50.6 Å². The second-order valence-electron chi connectivity index (χ2n) is 6.15. The molecule has 1 saturated carbocycles. The van der Waals surface area contributed by atoms with Crippen LogP contribution in [0.3, 0.4) is 0 Å². The van der Waals surface area contributed by atoms with Gasteiger partial charge in [-0.1, -0.05) is 6.42 Å². The molecule has 5 N–H and O–H groups in total. The van der Waals surface area contributed by atoms with Crippen LogP contribution in [0.2, 0.25) is 0 Å². The molecule has 0 spiro atoms. The van der Waals surface area contributed by atoms with Crippen molar-refractivity contribution in [3.63, 3.8) is 0 Å². The summed E-state index contributed by atoms with van der Waals surface area (Å²) in [6.07, 6.45) is 5.63. The first-order valence-corrected chi connectivity index (χ1v) is 7.61. The van der Waals surface area contributed by atoms with E-state index < -0.39 is 0 Å². The summed E-state index contributed by atoms with van der Waals surface area (Å²) in [6.45, 7) is 1.95. The Morgan fingerprint density at radius 2 is 1.85 bits per heavy atom. The Morgan fingerprint density at radius 1 is 1.15 bits per heavy atom. The van der Waals surface area contributed by atoms with Crippen LogP contribution in [0.1, 0.15) is 38.5 Å². The van der Waals surface area contributed by atoms with Gasteiger partial charge < -0.3 is 16.8 Å². The van der Waals surface area contributed by atoms with Gasteiger partial charge in [0, 0.05) is 31.1 Å². The average molecular weight is 282 g/mol. The molecular weight excluding hydrogens is 256 g/mol. The van der Waals surface area contributed by atoms with E-state index in [-0.39, 0.29) is 29.8 Å². The zero-order chi connectivity index (χ0) is 14.5. The number of carbonyl (C=O) groups is 2. The molecule has 2 unspecified atom stereocenters. The standard InChI is InChI=1S/C14H26N4O2/c15-11-3-1-2-10(8-11)14(20)17-12-4-6-18(7-5-12)9-13(16)19/h10-12H,1-9,15H2,(H2,16,19)(H,17,20). The van der Waals surface area contributed by atoms with Gasteiger partial charge in [-0.15, -0.1) is 0 Å². The lowest BCUT2D eigenvalue weighted by Gasteiger charge is -2.33. The van der Waals surface area contributed by atoms with Gasteiger partial charge in [0.05, 0.1) is 6.54 Å². The maximum atomic E-state index is 12.2. The number of carbonyl (C=O) groups excluding carboxylic acids is 2. The molecule has 114 valence electrons. The summed E-state index contributed by atoms with van der Waals surface area (Å²) in [6, 6.07) is 0.404. The lowest BCUT2D eigenvalue weighted by molar-refractivity contribution is -0.127. The number of hydrogen-bond acceptors (Lipinski definition) is 4. The Labute approximate surface area is 120 Å². The zero-order valence-electron chi connectivity index (χ0n) is 12.0. The SMILES string of the molecule is NC(=O)CN1CCC(NC(=O)C2CCCC(N)C2)CC1. The van der Waals surface area contributed by atoms with Gasteiger partial charge in [-0.25, -0.2) is 0 Å². The van der Waals surface area contributed by atoms with E-state index >= 15 is 0 Å². The van der Waals surface area contributed by atoms with E-state index in [1.807, 2.05) is 4.90 Å². The molecule has 6 heteroatoms. The summed E-state index contributed by atoms with van der Waals surface area (Å²) in [4.78, 5) is 25.1. The van der Waals surface area contributed by atoms with Crippen molar-refractivity contribution >= 4 is 11.8 Å². The summed E-state index contributed by atoms with van der Waals surface area (Å²) < 4.78 is 0. The van der Waals surface area contributed by atoms with Crippen LogP contribution in [0, 0.1) is 5.92 Å². The highest BCUT2D eigenvalue weighted by molar-refractivity contribution is 5.79. The quantitative estimate of drug-likeness (QED) is 0.651. The van der Waals surface area contributed by atoms with Gasteiger partial charge in [0.25, 0.3) is 0 Å². The number of primary amides is 1. The van der Waals surface area contributed by atoms with Crippen LogP contribution in [0.5, 0.6) is 0 Å². The molecule has 1 aliphatic carbocycles. The molecule has 20 heavy (non-hydrogen) atoms. The molecule has 1 saturated heterocycles. The minimum Gasteiger partial charge on any atom is -0.369 e. The lowest BCUT2D eigenvalue weighted by atomic mass is 9.85. The molecule has 0 aromatic heterocycles. The number of likely N-dealkylation sites (tertiary alicyclic amines) is 1. The molecule has 0 aromatic rings. The highest BCUT2D eigenvalue weighted by Gasteiger charge is 2.28. The first kappa shape index (κ1) is 15.3. The molecule has 1 aliphatic heterocycles. The van der Waals surface area contributed by atoms with E-state index in [2.05, 4.69) is 5.32 Å². The van der Waals surface area contributed by atoms with Crippen LogP contribution in [0.4, 0.5) is 0 Å². The van der Waals surface area contributed by atoms with E-state index in [1.165, 1.54) is 0 Å². The number of hydrogen-bond donors (Lipinski definition) is 3. The number of nitrogens with one attached hydrogen (secondary N) is 1. The van der Waals surface area contributed by atoms with E-state index in [1.54, 1.807) is 0 Å². The van der Waals surface area contributed by atoms with E-state index in [9.17, 15) is 9.59 Å². The summed E-state index contributed by atoms with van der Waals surface area (Å²) in [5.74, 6) is -0.0421. The number of rotatable bonds is 4. The fourth-order valence-corrected chi connectivity index (χ4v) is 3.24. The van der Waals surface area contributed by atoms with Crippen molar-refractivity contribution in [3.05, 3.63) is 0 Å². The van der Waals surface area contributed by atoms with Crippen LogP contribution in [0.15, 0.2) is 0 Å². The summed E-state index contributed by atoms with van der Waals surface area (Å²) in [5.41, 5.74) is 11.1. The number of nitrogens with two attached hydrogens (primary N) is 2. The topological polar surface area (TPSA) is 101 Å². The fraction of sp³-hybridized carbons (Fsp3) is 0.857. The Balaban J connectivity index is 1.72. The number of amides is 2. The predicted octanol–water partition coefficient (Wildman–Crippen LogP) is -0.430. The summed E-state index contributed by atoms with van der Waals surface area (Å²) in [7, 11) is 0. The monoisotopic (exact) mass is 282 g/mol. The molecule has 0 radical (unpaired) electrons. The van der Waals surface area contributed by atoms with Crippen molar-refractivity contribution < 1.29 is 9.59 Å². The second kappa shape index (κ2) is 7.04. The largest absolute Gasteiger partial charge is 0.369 e. The van der Waals surface area contributed by atoms with Gasteiger partial charge in [0.15, 0.2) is 0 Å². The third-order valence-electron chi connectivity index (χ3n) is 4.40. The van der Waals surface area contributed by atoms with Crippen molar-refractivity contribution in [2.75, 3.05) is 19.6 Å². The van der Waals surface area contributed by atoms with Crippen LogP contribution < -0.4 is 16.8 Å². The van der Waals surface area contributed by atoms with E-state index in [4.69, 9.17) is 11.5 Å². The first-order valence-electron chi connectivity index (χ1n) is 7.61. The molecule has 0 bridgehead atoms. The maximum absolute atomic E-state index is 12.2. The van der Waals surface area contributed by atoms with Crippen LogP contribution >= 0.6 is 0 Å². The number of piperidine rings is 1. The summed E-state index contributed by atoms with van der Waals surface area (Å²) >= 11 is 0. The highest BCUT2D eigenvalue weighted by Crippen LogP contribution is 2.23.